The lowest BCUT2D eigenvalue weighted by molar-refractivity contribution is 0.122. The molecule has 0 bridgehead atoms. The van der Waals surface area contributed by atoms with E-state index in [1.807, 2.05) is 24.3 Å². The molecule has 2 aromatic heterocycles. The van der Waals surface area contributed by atoms with Gasteiger partial charge in [-0.05, 0) is 35.7 Å². The molecular formula is C24H24FN5O. The molecular weight excluding hydrogens is 393 g/mol. The van der Waals surface area contributed by atoms with Crippen LogP contribution in [-0.4, -0.2) is 42.8 Å². The Balaban J connectivity index is 1.50. The third kappa shape index (κ3) is 3.72. The second-order valence-electron chi connectivity index (χ2n) is 7.79. The van der Waals surface area contributed by atoms with Crippen LogP contribution in [0, 0.1) is 5.95 Å². The standard InChI is InChI=1S/C24H24FN5O/c1-15-19-4-2-16(12-17(19)6-7-27-15)20-13-21(23(25)29-24(20)26)22-5-3-18(14-28-22)30-8-10-31-11-9-30/h2-5,12-14,27H,1,6-11H2,(H2,26,29). The molecule has 3 N–H and O–H groups in total. The molecule has 0 aliphatic carbocycles. The topological polar surface area (TPSA) is 76.3 Å². The Hall–Kier alpha value is -3.45. The maximum atomic E-state index is 14.7. The summed E-state index contributed by atoms with van der Waals surface area (Å²) in [5, 5.41) is 3.28. The van der Waals surface area contributed by atoms with E-state index in [4.69, 9.17) is 10.5 Å². The van der Waals surface area contributed by atoms with Crippen molar-refractivity contribution in [2.75, 3.05) is 43.5 Å². The van der Waals surface area contributed by atoms with E-state index in [0.717, 1.165) is 48.6 Å². The minimum atomic E-state index is -0.622. The highest BCUT2D eigenvalue weighted by atomic mass is 19.1. The number of nitrogens with zero attached hydrogens (tertiary/aromatic N) is 3. The molecule has 1 fully saturated rings. The van der Waals surface area contributed by atoms with Gasteiger partial charge in [0, 0.05) is 36.5 Å². The van der Waals surface area contributed by atoms with Gasteiger partial charge in [0.1, 0.15) is 5.82 Å². The Morgan fingerprint density at radius 2 is 1.90 bits per heavy atom. The van der Waals surface area contributed by atoms with Crippen molar-refractivity contribution in [3.05, 3.63) is 66.2 Å². The Morgan fingerprint density at radius 3 is 2.68 bits per heavy atom. The summed E-state index contributed by atoms with van der Waals surface area (Å²) in [7, 11) is 0. The summed E-state index contributed by atoms with van der Waals surface area (Å²) in [4.78, 5) is 10.7. The summed E-state index contributed by atoms with van der Waals surface area (Å²) < 4.78 is 20.1. The Labute approximate surface area is 180 Å². The van der Waals surface area contributed by atoms with Crippen molar-refractivity contribution in [3.8, 4) is 22.4 Å². The van der Waals surface area contributed by atoms with E-state index in [-0.39, 0.29) is 5.82 Å². The Morgan fingerprint density at radius 1 is 1.06 bits per heavy atom. The number of nitrogens with two attached hydrogens (primary N) is 1. The molecule has 0 saturated carbocycles. The number of rotatable bonds is 3. The van der Waals surface area contributed by atoms with Gasteiger partial charge in [-0.2, -0.15) is 4.39 Å². The van der Waals surface area contributed by atoms with Crippen molar-refractivity contribution in [3.63, 3.8) is 0 Å². The molecule has 7 heteroatoms. The molecule has 158 valence electrons. The zero-order valence-electron chi connectivity index (χ0n) is 17.2. The molecule has 5 rings (SSSR count). The third-order valence-corrected chi connectivity index (χ3v) is 5.88. The summed E-state index contributed by atoms with van der Waals surface area (Å²) in [6.07, 6.45) is 2.67. The van der Waals surface area contributed by atoms with Crippen LogP contribution < -0.4 is 16.0 Å². The maximum Gasteiger partial charge on any atom is 0.224 e. The normalized spacial score (nSPS) is 16.0. The van der Waals surface area contributed by atoms with Gasteiger partial charge in [0.05, 0.1) is 36.4 Å². The number of hydrogen-bond acceptors (Lipinski definition) is 6. The van der Waals surface area contributed by atoms with Crippen molar-refractivity contribution in [1.82, 2.24) is 15.3 Å². The lowest BCUT2D eigenvalue weighted by Gasteiger charge is -2.28. The van der Waals surface area contributed by atoms with E-state index in [1.54, 1.807) is 12.3 Å². The number of pyridine rings is 2. The molecule has 0 unspecified atom stereocenters. The summed E-state index contributed by atoms with van der Waals surface area (Å²) in [5.41, 5.74) is 12.8. The second-order valence-corrected chi connectivity index (χ2v) is 7.79. The average molecular weight is 417 g/mol. The van der Waals surface area contributed by atoms with Crippen LogP contribution in [0.5, 0.6) is 0 Å². The molecule has 4 heterocycles. The fourth-order valence-corrected chi connectivity index (χ4v) is 4.17. The molecule has 2 aliphatic heterocycles. The van der Waals surface area contributed by atoms with Gasteiger partial charge < -0.3 is 20.7 Å². The zero-order chi connectivity index (χ0) is 21.4. The van der Waals surface area contributed by atoms with E-state index in [2.05, 4.69) is 32.8 Å². The lowest BCUT2D eigenvalue weighted by atomic mass is 9.93. The highest BCUT2D eigenvalue weighted by molar-refractivity contribution is 5.81. The van der Waals surface area contributed by atoms with Crippen molar-refractivity contribution < 1.29 is 9.13 Å². The molecule has 3 aromatic rings. The number of fused-ring (bicyclic) bond motifs is 1. The first kappa shape index (κ1) is 19.5. The van der Waals surface area contributed by atoms with E-state index >= 15 is 0 Å². The van der Waals surface area contributed by atoms with Gasteiger partial charge in [-0.1, -0.05) is 24.8 Å². The van der Waals surface area contributed by atoms with Gasteiger partial charge in [-0.25, -0.2) is 4.98 Å². The molecule has 0 amide bonds. The zero-order valence-corrected chi connectivity index (χ0v) is 17.2. The maximum absolute atomic E-state index is 14.7. The highest BCUT2D eigenvalue weighted by Gasteiger charge is 2.18. The molecule has 0 radical (unpaired) electrons. The summed E-state index contributed by atoms with van der Waals surface area (Å²) in [5.74, 6) is -0.456. The number of nitrogen functional groups attached to an aromatic ring is 1. The van der Waals surface area contributed by atoms with Crippen molar-refractivity contribution >= 4 is 17.2 Å². The first-order valence-electron chi connectivity index (χ1n) is 10.4. The van der Waals surface area contributed by atoms with Crippen molar-refractivity contribution in [2.24, 2.45) is 0 Å². The van der Waals surface area contributed by atoms with Crippen molar-refractivity contribution in [2.45, 2.75) is 6.42 Å². The van der Waals surface area contributed by atoms with Crippen molar-refractivity contribution in [1.29, 1.82) is 0 Å². The number of nitrogens with one attached hydrogen (secondary N) is 1. The lowest BCUT2D eigenvalue weighted by Crippen LogP contribution is -2.36. The van der Waals surface area contributed by atoms with E-state index in [0.29, 0.717) is 30.0 Å². The highest BCUT2D eigenvalue weighted by Crippen LogP contribution is 2.34. The quantitative estimate of drug-likeness (QED) is 0.636. The van der Waals surface area contributed by atoms with Gasteiger partial charge in [-0.15, -0.1) is 0 Å². The van der Waals surface area contributed by atoms with Gasteiger partial charge >= 0.3 is 0 Å². The van der Waals surface area contributed by atoms with E-state index in [9.17, 15) is 4.39 Å². The van der Waals surface area contributed by atoms with Crippen LogP contribution in [0.1, 0.15) is 11.1 Å². The van der Waals surface area contributed by atoms with Crippen LogP contribution in [-0.2, 0) is 11.2 Å². The van der Waals surface area contributed by atoms with Crippen LogP contribution in [0.2, 0.25) is 0 Å². The van der Waals surface area contributed by atoms with E-state index in [1.165, 1.54) is 5.56 Å². The predicted octanol–water partition coefficient (Wildman–Crippen LogP) is 3.48. The minimum absolute atomic E-state index is 0.166. The Kier molecular flexibility index (Phi) is 5.03. The average Bonchev–Trinajstić information content (AvgIpc) is 2.80. The molecule has 1 saturated heterocycles. The second kappa shape index (κ2) is 8.00. The molecule has 31 heavy (non-hydrogen) atoms. The van der Waals surface area contributed by atoms with Crippen LogP contribution in [0.25, 0.3) is 28.1 Å². The largest absolute Gasteiger partial charge is 0.385 e. The smallest absolute Gasteiger partial charge is 0.224 e. The molecule has 0 atom stereocenters. The number of halogens is 1. The first-order valence-corrected chi connectivity index (χ1v) is 10.4. The number of aromatic nitrogens is 2. The monoisotopic (exact) mass is 417 g/mol. The summed E-state index contributed by atoms with van der Waals surface area (Å²) in [6.45, 7) is 7.96. The third-order valence-electron chi connectivity index (χ3n) is 5.88. The molecule has 6 nitrogen and oxygen atoms in total. The first-order chi connectivity index (χ1) is 15.1. The number of anilines is 2. The summed E-state index contributed by atoms with van der Waals surface area (Å²) in [6, 6.07) is 11.6. The van der Waals surface area contributed by atoms with Crippen LogP contribution >= 0.6 is 0 Å². The van der Waals surface area contributed by atoms with Gasteiger partial charge in [-0.3, -0.25) is 4.98 Å². The fraction of sp³-hybridized carbons (Fsp3) is 0.250. The molecule has 1 aromatic carbocycles. The molecule has 0 spiro atoms. The minimum Gasteiger partial charge on any atom is -0.385 e. The van der Waals surface area contributed by atoms with Gasteiger partial charge in [0.2, 0.25) is 5.95 Å². The Bertz CT molecular complexity index is 1140. The fourth-order valence-electron chi connectivity index (χ4n) is 4.17. The number of benzene rings is 1. The van der Waals surface area contributed by atoms with Crippen LogP contribution in [0.3, 0.4) is 0 Å². The van der Waals surface area contributed by atoms with Crippen LogP contribution in [0.4, 0.5) is 15.9 Å². The predicted molar refractivity (Wildman–Crippen MR) is 121 cm³/mol. The van der Waals surface area contributed by atoms with Gasteiger partial charge in [0.15, 0.2) is 0 Å². The van der Waals surface area contributed by atoms with Crippen LogP contribution in [0.15, 0.2) is 49.2 Å². The number of hydrogen-bond donors (Lipinski definition) is 2. The van der Waals surface area contributed by atoms with Gasteiger partial charge in [0.25, 0.3) is 0 Å². The number of ether oxygens (including phenoxy) is 1. The summed E-state index contributed by atoms with van der Waals surface area (Å²) >= 11 is 0. The van der Waals surface area contributed by atoms with E-state index < -0.39 is 5.95 Å². The SMILES string of the molecule is C=C1NCCc2cc(-c3cc(-c4ccc(N5CCOCC5)cn4)c(F)nc3N)ccc21. The number of morpholine rings is 1. The molecule has 2 aliphatic rings.